The average Bonchev–Trinajstić information content (AvgIpc) is 2.36. The first-order chi connectivity index (χ1) is 8.65. The molecule has 0 aromatic heterocycles. The number of hydrogen-bond acceptors (Lipinski definition) is 1. The predicted molar refractivity (Wildman–Crippen MR) is 77.6 cm³/mol. The standard InChI is InChI=1S/C17H21N/c1-13-5-8-16(9-6-13)11-18-12-17-10-14(2)4-7-15(17)3/h4-10,18H,11-12H2,1-3H3. The molecule has 0 heterocycles. The fraction of sp³-hybridized carbons (Fsp3) is 0.294. The van der Waals surface area contributed by atoms with Gasteiger partial charge in [0.05, 0.1) is 0 Å². The Bertz CT molecular complexity index is 512. The first kappa shape index (κ1) is 12.8. The molecule has 2 rings (SSSR count). The molecule has 0 aliphatic carbocycles. The van der Waals surface area contributed by atoms with E-state index in [1.165, 1.54) is 27.8 Å². The van der Waals surface area contributed by atoms with Crippen LogP contribution in [0.2, 0.25) is 0 Å². The fourth-order valence-electron chi connectivity index (χ4n) is 2.04. The van der Waals surface area contributed by atoms with Crippen LogP contribution in [0.5, 0.6) is 0 Å². The molecule has 0 saturated heterocycles. The fourth-order valence-corrected chi connectivity index (χ4v) is 2.04. The summed E-state index contributed by atoms with van der Waals surface area (Å²) < 4.78 is 0. The molecular formula is C17H21N. The summed E-state index contributed by atoms with van der Waals surface area (Å²) in [4.78, 5) is 0. The zero-order valence-corrected chi connectivity index (χ0v) is 11.5. The second-order valence-corrected chi connectivity index (χ2v) is 5.02. The Balaban J connectivity index is 1.92. The summed E-state index contributed by atoms with van der Waals surface area (Å²) >= 11 is 0. The summed E-state index contributed by atoms with van der Waals surface area (Å²) in [6.45, 7) is 8.29. The molecular weight excluding hydrogens is 218 g/mol. The Morgan fingerprint density at radius 3 is 2.17 bits per heavy atom. The zero-order valence-electron chi connectivity index (χ0n) is 11.5. The topological polar surface area (TPSA) is 12.0 Å². The lowest BCUT2D eigenvalue weighted by atomic mass is 10.1. The molecule has 2 aromatic carbocycles. The summed E-state index contributed by atoms with van der Waals surface area (Å²) in [5, 5.41) is 3.51. The van der Waals surface area contributed by atoms with Crippen LogP contribution in [0.15, 0.2) is 42.5 Å². The molecule has 0 fully saturated rings. The van der Waals surface area contributed by atoms with E-state index in [0.717, 1.165) is 13.1 Å². The molecule has 0 aliphatic heterocycles. The highest BCUT2D eigenvalue weighted by molar-refractivity contribution is 5.30. The highest BCUT2D eigenvalue weighted by Gasteiger charge is 1.98. The minimum Gasteiger partial charge on any atom is -0.309 e. The van der Waals surface area contributed by atoms with Gasteiger partial charge in [0.1, 0.15) is 0 Å². The van der Waals surface area contributed by atoms with E-state index in [1.807, 2.05) is 0 Å². The van der Waals surface area contributed by atoms with Gasteiger partial charge in [0.2, 0.25) is 0 Å². The number of aryl methyl sites for hydroxylation is 3. The normalized spacial score (nSPS) is 10.6. The molecule has 0 spiro atoms. The van der Waals surface area contributed by atoms with Crippen molar-refractivity contribution in [2.24, 2.45) is 0 Å². The van der Waals surface area contributed by atoms with Crippen molar-refractivity contribution in [3.05, 3.63) is 70.3 Å². The lowest BCUT2D eigenvalue weighted by Gasteiger charge is -2.09. The van der Waals surface area contributed by atoms with Crippen molar-refractivity contribution in [1.29, 1.82) is 0 Å². The summed E-state index contributed by atoms with van der Waals surface area (Å²) in [6, 6.07) is 15.3. The van der Waals surface area contributed by atoms with Gasteiger partial charge in [-0.25, -0.2) is 0 Å². The lowest BCUT2D eigenvalue weighted by molar-refractivity contribution is 0.690. The molecule has 0 unspecified atom stereocenters. The molecule has 1 N–H and O–H groups in total. The smallest absolute Gasteiger partial charge is 0.0211 e. The quantitative estimate of drug-likeness (QED) is 0.853. The van der Waals surface area contributed by atoms with Crippen LogP contribution in [-0.2, 0) is 13.1 Å². The minimum atomic E-state index is 0.924. The SMILES string of the molecule is Cc1ccc(CNCc2cc(C)ccc2C)cc1. The van der Waals surface area contributed by atoms with Gasteiger partial charge in [0, 0.05) is 13.1 Å². The van der Waals surface area contributed by atoms with Gasteiger partial charge < -0.3 is 5.32 Å². The Hall–Kier alpha value is -1.60. The molecule has 94 valence electrons. The molecule has 0 radical (unpaired) electrons. The third kappa shape index (κ3) is 3.44. The van der Waals surface area contributed by atoms with Crippen LogP contribution in [-0.4, -0.2) is 0 Å². The van der Waals surface area contributed by atoms with Gasteiger partial charge >= 0.3 is 0 Å². The van der Waals surface area contributed by atoms with Gasteiger partial charge in [0.25, 0.3) is 0 Å². The maximum absolute atomic E-state index is 3.51. The minimum absolute atomic E-state index is 0.924. The van der Waals surface area contributed by atoms with Gasteiger partial charge in [-0.15, -0.1) is 0 Å². The number of benzene rings is 2. The van der Waals surface area contributed by atoms with Gasteiger partial charge in [-0.2, -0.15) is 0 Å². The summed E-state index contributed by atoms with van der Waals surface area (Å²) in [5.74, 6) is 0. The van der Waals surface area contributed by atoms with Crippen molar-refractivity contribution < 1.29 is 0 Å². The Labute approximate surface area is 110 Å². The van der Waals surface area contributed by atoms with E-state index >= 15 is 0 Å². The van der Waals surface area contributed by atoms with Crippen molar-refractivity contribution in [1.82, 2.24) is 5.32 Å². The summed E-state index contributed by atoms with van der Waals surface area (Å²) in [6.07, 6.45) is 0. The second kappa shape index (κ2) is 5.83. The average molecular weight is 239 g/mol. The lowest BCUT2D eigenvalue weighted by Crippen LogP contribution is -2.13. The van der Waals surface area contributed by atoms with Crippen LogP contribution in [0.4, 0.5) is 0 Å². The Kier molecular flexibility index (Phi) is 4.16. The number of nitrogens with one attached hydrogen (secondary N) is 1. The van der Waals surface area contributed by atoms with E-state index in [2.05, 4.69) is 68.6 Å². The van der Waals surface area contributed by atoms with Gasteiger partial charge in [-0.3, -0.25) is 0 Å². The molecule has 0 saturated carbocycles. The number of hydrogen-bond donors (Lipinski definition) is 1. The maximum Gasteiger partial charge on any atom is 0.0211 e. The molecule has 2 aromatic rings. The maximum atomic E-state index is 3.51. The first-order valence-corrected chi connectivity index (χ1v) is 6.47. The molecule has 0 atom stereocenters. The van der Waals surface area contributed by atoms with Gasteiger partial charge in [0.15, 0.2) is 0 Å². The highest BCUT2D eigenvalue weighted by atomic mass is 14.8. The third-order valence-corrected chi connectivity index (χ3v) is 3.27. The molecule has 1 nitrogen and oxygen atoms in total. The molecule has 18 heavy (non-hydrogen) atoms. The molecule has 0 bridgehead atoms. The van der Waals surface area contributed by atoms with Gasteiger partial charge in [-0.05, 0) is 37.5 Å². The van der Waals surface area contributed by atoms with Crippen molar-refractivity contribution in [3.8, 4) is 0 Å². The van der Waals surface area contributed by atoms with Crippen molar-refractivity contribution in [3.63, 3.8) is 0 Å². The zero-order chi connectivity index (χ0) is 13.0. The van der Waals surface area contributed by atoms with E-state index < -0.39 is 0 Å². The monoisotopic (exact) mass is 239 g/mol. The number of rotatable bonds is 4. The van der Waals surface area contributed by atoms with Crippen LogP contribution in [0.3, 0.4) is 0 Å². The van der Waals surface area contributed by atoms with E-state index in [-0.39, 0.29) is 0 Å². The van der Waals surface area contributed by atoms with Crippen molar-refractivity contribution >= 4 is 0 Å². The second-order valence-electron chi connectivity index (χ2n) is 5.02. The van der Waals surface area contributed by atoms with Crippen LogP contribution in [0.25, 0.3) is 0 Å². The van der Waals surface area contributed by atoms with E-state index in [0.29, 0.717) is 0 Å². The predicted octanol–water partition coefficient (Wildman–Crippen LogP) is 3.90. The molecule has 0 amide bonds. The highest BCUT2D eigenvalue weighted by Crippen LogP contribution is 2.10. The summed E-state index contributed by atoms with van der Waals surface area (Å²) in [7, 11) is 0. The first-order valence-electron chi connectivity index (χ1n) is 6.47. The largest absolute Gasteiger partial charge is 0.309 e. The molecule has 0 aliphatic rings. The van der Waals surface area contributed by atoms with E-state index in [4.69, 9.17) is 0 Å². The summed E-state index contributed by atoms with van der Waals surface area (Å²) in [5.41, 5.74) is 6.73. The van der Waals surface area contributed by atoms with Crippen LogP contribution in [0, 0.1) is 20.8 Å². The third-order valence-electron chi connectivity index (χ3n) is 3.27. The van der Waals surface area contributed by atoms with E-state index in [1.54, 1.807) is 0 Å². The van der Waals surface area contributed by atoms with Crippen molar-refractivity contribution in [2.75, 3.05) is 0 Å². The van der Waals surface area contributed by atoms with Crippen LogP contribution in [0.1, 0.15) is 27.8 Å². The van der Waals surface area contributed by atoms with Crippen molar-refractivity contribution in [2.45, 2.75) is 33.9 Å². The van der Waals surface area contributed by atoms with E-state index in [9.17, 15) is 0 Å². The molecule has 1 heteroatoms. The van der Waals surface area contributed by atoms with Crippen LogP contribution >= 0.6 is 0 Å². The Morgan fingerprint density at radius 2 is 1.44 bits per heavy atom. The van der Waals surface area contributed by atoms with Gasteiger partial charge in [-0.1, -0.05) is 53.6 Å². The Morgan fingerprint density at radius 1 is 0.778 bits per heavy atom. The van der Waals surface area contributed by atoms with Crippen LogP contribution < -0.4 is 5.32 Å².